The minimum Gasteiger partial charge on any atom is -0.493 e. The van der Waals surface area contributed by atoms with Crippen LogP contribution in [0.25, 0.3) is 11.0 Å². The van der Waals surface area contributed by atoms with E-state index >= 15 is 0 Å². The van der Waals surface area contributed by atoms with Gasteiger partial charge >= 0.3 is 0 Å². The van der Waals surface area contributed by atoms with E-state index in [2.05, 4.69) is 9.88 Å². The van der Waals surface area contributed by atoms with Gasteiger partial charge in [-0.3, -0.25) is 4.79 Å². The lowest BCUT2D eigenvalue weighted by Crippen LogP contribution is -2.25. The summed E-state index contributed by atoms with van der Waals surface area (Å²) >= 11 is 0. The second kappa shape index (κ2) is 10.8. The molecule has 0 aliphatic rings. The molecular formula is C27H29N3O5. The Morgan fingerprint density at radius 2 is 1.60 bits per heavy atom. The predicted octanol–water partition coefficient (Wildman–Crippen LogP) is 4.38. The summed E-state index contributed by atoms with van der Waals surface area (Å²) in [6, 6.07) is 19.1. The third-order valence-corrected chi connectivity index (χ3v) is 5.73. The molecule has 8 nitrogen and oxygen atoms in total. The van der Waals surface area contributed by atoms with Crippen molar-refractivity contribution in [2.45, 2.75) is 20.0 Å². The molecule has 0 atom stereocenters. The summed E-state index contributed by atoms with van der Waals surface area (Å²) in [4.78, 5) is 17.7. The molecule has 0 spiro atoms. The second-order valence-electron chi connectivity index (χ2n) is 7.88. The van der Waals surface area contributed by atoms with E-state index in [0.29, 0.717) is 36.0 Å². The quantitative estimate of drug-likeness (QED) is 0.367. The fourth-order valence-corrected chi connectivity index (χ4v) is 3.95. The van der Waals surface area contributed by atoms with Gasteiger partial charge in [-0.2, -0.15) is 0 Å². The van der Waals surface area contributed by atoms with Crippen molar-refractivity contribution in [1.29, 1.82) is 0 Å². The van der Waals surface area contributed by atoms with E-state index in [1.165, 1.54) is 21.3 Å². The van der Waals surface area contributed by atoms with Gasteiger partial charge in [0.05, 0.1) is 45.5 Å². The molecular weight excluding hydrogens is 446 g/mol. The Bertz CT molecular complexity index is 1310. The molecule has 3 aromatic carbocycles. The molecule has 182 valence electrons. The average molecular weight is 476 g/mol. The van der Waals surface area contributed by atoms with Crippen molar-refractivity contribution in [2.75, 3.05) is 27.9 Å². The first-order chi connectivity index (χ1) is 17.0. The molecule has 0 saturated carbocycles. The van der Waals surface area contributed by atoms with E-state index in [1.54, 1.807) is 12.1 Å². The summed E-state index contributed by atoms with van der Waals surface area (Å²) in [7, 11) is 4.55. The first-order valence-corrected chi connectivity index (χ1v) is 11.3. The number of benzene rings is 3. The van der Waals surface area contributed by atoms with Crippen LogP contribution in [0.15, 0.2) is 60.7 Å². The highest BCUT2D eigenvalue weighted by Gasteiger charge is 2.18. The number of hydrogen-bond donors (Lipinski definition) is 1. The lowest BCUT2D eigenvalue weighted by atomic mass is 10.1. The smallest absolute Gasteiger partial charge is 0.251 e. The maximum Gasteiger partial charge on any atom is 0.251 e. The van der Waals surface area contributed by atoms with Crippen LogP contribution < -0.4 is 24.3 Å². The van der Waals surface area contributed by atoms with Gasteiger partial charge in [0.2, 0.25) is 5.75 Å². The molecule has 1 aromatic heterocycles. The van der Waals surface area contributed by atoms with E-state index in [-0.39, 0.29) is 12.5 Å². The molecule has 1 heterocycles. The summed E-state index contributed by atoms with van der Waals surface area (Å²) in [5.41, 5.74) is 3.32. The van der Waals surface area contributed by atoms with Gasteiger partial charge in [0.25, 0.3) is 5.91 Å². The highest BCUT2D eigenvalue weighted by Crippen LogP contribution is 2.38. The van der Waals surface area contributed by atoms with Gasteiger partial charge < -0.3 is 28.8 Å². The number of fused-ring (bicyclic) bond motifs is 1. The maximum absolute atomic E-state index is 13.0. The number of aryl methyl sites for hydroxylation is 1. The Morgan fingerprint density at radius 3 is 2.29 bits per heavy atom. The van der Waals surface area contributed by atoms with Crippen molar-refractivity contribution in [2.24, 2.45) is 0 Å². The third kappa shape index (κ3) is 5.16. The Morgan fingerprint density at radius 1 is 0.914 bits per heavy atom. The highest BCUT2D eigenvalue weighted by atomic mass is 16.5. The van der Waals surface area contributed by atoms with Crippen LogP contribution in [0, 0.1) is 6.92 Å². The zero-order valence-corrected chi connectivity index (χ0v) is 20.3. The van der Waals surface area contributed by atoms with E-state index in [1.807, 2.05) is 55.5 Å². The molecule has 0 aliphatic carbocycles. The Labute approximate surface area is 204 Å². The molecule has 35 heavy (non-hydrogen) atoms. The number of aromatic nitrogens is 2. The van der Waals surface area contributed by atoms with Gasteiger partial charge in [-0.15, -0.1) is 0 Å². The van der Waals surface area contributed by atoms with Gasteiger partial charge in [0.1, 0.15) is 18.2 Å². The minimum absolute atomic E-state index is 0.245. The first-order valence-electron chi connectivity index (χ1n) is 11.3. The second-order valence-corrected chi connectivity index (χ2v) is 7.88. The van der Waals surface area contributed by atoms with E-state index in [9.17, 15) is 4.79 Å². The van der Waals surface area contributed by atoms with Crippen LogP contribution in [-0.2, 0) is 13.1 Å². The normalized spacial score (nSPS) is 10.7. The molecule has 0 unspecified atom stereocenters. The fourth-order valence-electron chi connectivity index (χ4n) is 3.95. The van der Waals surface area contributed by atoms with Gasteiger partial charge in [-0.05, 0) is 42.8 Å². The summed E-state index contributed by atoms with van der Waals surface area (Å²) < 4.78 is 24.2. The van der Waals surface area contributed by atoms with E-state index < -0.39 is 0 Å². The van der Waals surface area contributed by atoms with Crippen molar-refractivity contribution < 1.29 is 23.7 Å². The molecule has 4 aromatic rings. The summed E-state index contributed by atoms with van der Waals surface area (Å²) in [5, 5.41) is 2.96. The number of para-hydroxylation sites is 3. The van der Waals surface area contributed by atoms with Gasteiger partial charge in [0.15, 0.2) is 11.5 Å². The van der Waals surface area contributed by atoms with Crippen LogP contribution >= 0.6 is 0 Å². The van der Waals surface area contributed by atoms with Gasteiger partial charge in [-0.1, -0.05) is 30.3 Å². The highest BCUT2D eigenvalue weighted by molar-refractivity contribution is 5.95. The predicted molar refractivity (Wildman–Crippen MR) is 134 cm³/mol. The SMILES string of the molecule is COc1cc(C(=O)NCc2nc3ccccc3n2CCOc2ccccc2C)cc(OC)c1OC. The van der Waals surface area contributed by atoms with Crippen LogP contribution in [-0.4, -0.2) is 43.4 Å². The number of carbonyl (C=O) groups excluding carboxylic acids is 1. The number of carbonyl (C=O) groups is 1. The standard InChI is InChI=1S/C27H29N3O5/c1-18-9-5-8-12-22(18)35-14-13-30-21-11-7-6-10-20(21)29-25(30)17-28-27(31)19-15-23(32-2)26(34-4)24(16-19)33-3/h5-12,15-16H,13-14,17H2,1-4H3,(H,28,31). The number of hydrogen-bond acceptors (Lipinski definition) is 6. The van der Waals surface area contributed by atoms with Crippen molar-refractivity contribution in [1.82, 2.24) is 14.9 Å². The lowest BCUT2D eigenvalue weighted by molar-refractivity contribution is 0.0948. The topological polar surface area (TPSA) is 83.8 Å². The molecule has 1 N–H and O–H groups in total. The number of amides is 1. The maximum atomic E-state index is 13.0. The minimum atomic E-state index is -0.279. The van der Waals surface area contributed by atoms with Crippen molar-refractivity contribution >= 4 is 16.9 Å². The fraction of sp³-hybridized carbons (Fsp3) is 0.259. The number of rotatable bonds is 10. The molecule has 8 heteroatoms. The molecule has 1 amide bonds. The van der Waals surface area contributed by atoms with E-state index in [4.69, 9.17) is 23.9 Å². The van der Waals surface area contributed by atoms with Gasteiger partial charge in [0, 0.05) is 5.56 Å². The third-order valence-electron chi connectivity index (χ3n) is 5.73. The monoisotopic (exact) mass is 475 g/mol. The molecule has 0 fully saturated rings. The van der Waals surface area contributed by atoms with Crippen LogP contribution in [0.4, 0.5) is 0 Å². The number of nitrogens with one attached hydrogen (secondary N) is 1. The number of nitrogens with zero attached hydrogens (tertiary/aromatic N) is 2. The molecule has 4 rings (SSSR count). The number of ether oxygens (including phenoxy) is 4. The molecule has 0 aliphatic heterocycles. The molecule has 0 bridgehead atoms. The lowest BCUT2D eigenvalue weighted by Gasteiger charge is -2.15. The Hall–Kier alpha value is -4.20. The Kier molecular flexibility index (Phi) is 7.40. The van der Waals surface area contributed by atoms with Gasteiger partial charge in [-0.25, -0.2) is 4.98 Å². The van der Waals surface area contributed by atoms with Crippen LogP contribution in [0.2, 0.25) is 0 Å². The van der Waals surface area contributed by atoms with E-state index in [0.717, 1.165) is 28.2 Å². The zero-order chi connectivity index (χ0) is 24.8. The average Bonchev–Trinajstić information content (AvgIpc) is 3.24. The Balaban J connectivity index is 1.52. The van der Waals surface area contributed by atoms with Crippen molar-refractivity contribution in [3.63, 3.8) is 0 Å². The van der Waals surface area contributed by atoms with Crippen LogP contribution in [0.3, 0.4) is 0 Å². The number of methoxy groups -OCH3 is 3. The summed E-state index contributed by atoms with van der Waals surface area (Å²) in [6.45, 7) is 3.32. The van der Waals surface area contributed by atoms with Crippen LogP contribution in [0.5, 0.6) is 23.0 Å². The summed E-state index contributed by atoms with van der Waals surface area (Å²) in [5.74, 6) is 2.57. The van der Waals surface area contributed by atoms with Crippen molar-refractivity contribution in [3.8, 4) is 23.0 Å². The van der Waals surface area contributed by atoms with Crippen LogP contribution in [0.1, 0.15) is 21.7 Å². The molecule has 0 radical (unpaired) electrons. The first kappa shape index (κ1) is 23.9. The zero-order valence-electron chi connectivity index (χ0n) is 20.3. The summed E-state index contributed by atoms with van der Waals surface area (Å²) in [6.07, 6.45) is 0. The largest absolute Gasteiger partial charge is 0.493 e. The molecule has 0 saturated heterocycles. The van der Waals surface area contributed by atoms with Crippen molar-refractivity contribution in [3.05, 3.63) is 77.6 Å². The number of imidazole rings is 1.